The molecule has 0 saturated carbocycles. The van der Waals surface area contributed by atoms with Crippen LogP contribution in [0, 0.1) is 5.92 Å². The molecule has 1 aromatic carbocycles. The summed E-state index contributed by atoms with van der Waals surface area (Å²) in [5.74, 6) is 0.556. The summed E-state index contributed by atoms with van der Waals surface area (Å²) in [4.78, 5) is 0.226. The molecule has 2 N–H and O–H groups in total. The first-order valence-corrected chi connectivity index (χ1v) is 9.30. The number of benzene rings is 1. The Kier molecular flexibility index (Phi) is 5.86. The van der Waals surface area contributed by atoms with E-state index in [1.807, 2.05) is 0 Å². The molecule has 4 nitrogen and oxygen atoms in total. The Morgan fingerprint density at radius 2 is 2.25 bits per heavy atom. The van der Waals surface area contributed by atoms with E-state index in [0.29, 0.717) is 22.0 Å². The Bertz CT molecular complexity index is 559. The fourth-order valence-electron chi connectivity index (χ4n) is 2.34. The van der Waals surface area contributed by atoms with E-state index >= 15 is 0 Å². The van der Waals surface area contributed by atoms with Crippen LogP contribution in [0.2, 0.25) is 5.02 Å². The van der Waals surface area contributed by atoms with Crippen molar-refractivity contribution in [1.82, 2.24) is 10.0 Å². The van der Waals surface area contributed by atoms with Crippen molar-refractivity contribution in [3.63, 3.8) is 0 Å². The summed E-state index contributed by atoms with van der Waals surface area (Å²) in [5.41, 5.74) is 0. The molecule has 7 heteroatoms. The molecule has 1 aromatic rings. The van der Waals surface area contributed by atoms with Crippen LogP contribution in [-0.2, 0) is 10.0 Å². The fourth-order valence-corrected chi connectivity index (χ4v) is 4.77. The normalized spacial score (nSPS) is 20.0. The van der Waals surface area contributed by atoms with Gasteiger partial charge in [-0.3, -0.25) is 0 Å². The van der Waals surface area contributed by atoms with E-state index in [0.717, 1.165) is 19.5 Å². The highest BCUT2D eigenvalue weighted by Crippen LogP contribution is 2.25. The van der Waals surface area contributed by atoms with Crippen molar-refractivity contribution in [1.29, 1.82) is 0 Å². The molecule has 2 rings (SSSR count). The number of hydrogen-bond donors (Lipinski definition) is 2. The first kappa shape index (κ1) is 16.2. The van der Waals surface area contributed by atoms with Gasteiger partial charge in [-0.1, -0.05) is 11.6 Å². The molecular weight excluding hydrogens is 364 g/mol. The molecule has 1 heterocycles. The second kappa shape index (κ2) is 7.22. The molecule has 0 spiro atoms. The Hall–Kier alpha value is -0.140. The van der Waals surface area contributed by atoms with E-state index in [1.165, 1.54) is 18.9 Å². The predicted molar refractivity (Wildman–Crippen MR) is 84.6 cm³/mol. The number of halogens is 2. The fraction of sp³-hybridized carbons (Fsp3) is 0.538. The molecule has 1 aliphatic heterocycles. The third-order valence-electron chi connectivity index (χ3n) is 3.43. The highest BCUT2D eigenvalue weighted by atomic mass is 79.9. The van der Waals surface area contributed by atoms with Gasteiger partial charge in [0.25, 0.3) is 0 Å². The van der Waals surface area contributed by atoms with Crippen LogP contribution in [-0.4, -0.2) is 28.1 Å². The molecule has 0 aliphatic carbocycles. The third kappa shape index (κ3) is 4.43. The number of sulfonamides is 1. The van der Waals surface area contributed by atoms with E-state index in [-0.39, 0.29) is 4.90 Å². The lowest BCUT2D eigenvalue weighted by molar-refractivity contribution is 0.358. The minimum atomic E-state index is -3.48. The first-order chi connectivity index (χ1) is 9.49. The summed E-state index contributed by atoms with van der Waals surface area (Å²) in [6, 6.07) is 4.67. The van der Waals surface area contributed by atoms with Gasteiger partial charge >= 0.3 is 0 Å². The molecular formula is C13H18BrClN2O2S. The third-order valence-corrected chi connectivity index (χ3v) is 6.10. The quantitative estimate of drug-likeness (QED) is 0.824. The zero-order valence-electron chi connectivity index (χ0n) is 11.0. The van der Waals surface area contributed by atoms with Crippen LogP contribution in [0.5, 0.6) is 0 Å². The molecule has 0 amide bonds. The summed E-state index contributed by atoms with van der Waals surface area (Å²) in [7, 11) is -3.48. The molecule has 1 saturated heterocycles. The van der Waals surface area contributed by atoms with Gasteiger partial charge in [-0.15, -0.1) is 0 Å². The van der Waals surface area contributed by atoms with Crippen molar-refractivity contribution in [2.45, 2.75) is 24.2 Å². The maximum absolute atomic E-state index is 12.2. The van der Waals surface area contributed by atoms with E-state index in [2.05, 4.69) is 26.0 Å². The second-order valence-corrected chi connectivity index (χ2v) is 8.00. The molecule has 20 heavy (non-hydrogen) atoms. The molecule has 0 bridgehead atoms. The van der Waals surface area contributed by atoms with Gasteiger partial charge in [-0.05, 0) is 72.4 Å². The van der Waals surface area contributed by atoms with E-state index in [9.17, 15) is 8.42 Å². The molecule has 0 aromatic heterocycles. The minimum absolute atomic E-state index is 0.226. The molecule has 112 valence electrons. The van der Waals surface area contributed by atoms with Gasteiger partial charge in [0.1, 0.15) is 0 Å². The lowest BCUT2D eigenvalue weighted by Crippen LogP contribution is -2.33. The highest BCUT2D eigenvalue weighted by molar-refractivity contribution is 9.10. The van der Waals surface area contributed by atoms with Crippen LogP contribution >= 0.6 is 27.5 Å². The maximum atomic E-state index is 12.2. The molecule has 1 aliphatic rings. The highest BCUT2D eigenvalue weighted by Gasteiger charge is 2.19. The standard InChI is InChI=1S/C13H18BrClN2O2S/c14-12-8-11(15)3-4-13(12)20(18,19)17-7-5-10-2-1-6-16-9-10/h3-4,8,10,16-17H,1-2,5-7,9H2. The summed E-state index contributed by atoms with van der Waals surface area (Å²) in [5, 5.41) is 3.83. The van der Waals surface area contributed by atoms with Crippen LogP contribution < -0.4 is 10.0 Å². The number of nitrogens with one attached hydrogen (secondary N) is 2. The van der Waals surface area contributed by atoms with Crippen LogP contribution in [0.1, 0.15) is 19.3 Å². The van der Waals surface area contributed by atoms with Gasteiger partial charge in [-0.25, -0.2) is 13.1 Å². The Balaban J connectivity index is 1.93. The zero-order chi connectivity index (χ0) is 14.6. The summed E-state index contributed by atoms with van der Waals surface area (Å²) in [6.45, 7) is 2.51. The SMILES string of the molecule is O=S(=O)(NCCC1CCCNC1)c1ccc(Cl)cc1Br. The minimum Gasteiger partial charge on any atom is -0.316 e. The molecule has 1 unspecified atom stereocenters. The van der Waals surface area contributed by atoms with Crippen molar-refractivity contribution >= 4 is 37.6 Å². The number of piperidine rings is 1. The average molecular weight is 382 g/mol. The Labute approximate surface area is 133 Å². The van der Waals surface area contributed by atoms with Gasteiger partial charge in [0, 0.05) is 16.0 Å². The molecule has 0 radical (unpaired) electrons. The lowest BCUT2D eigenvalue weighted by atomic mass is 9.96. The van der Waals surface area contributed by atoms with Crippen LogP contribution in [0.25, 0.3) is 0 Å². The van der Waals surface area contributed by atoms with Gasteiger partial charge in [0.05, 0.1) is 4.90 Å². The van der Waals surface area contributed by atoms with Crippen molar-refractivity contribution in [2.75, 3.05) is 19.6 Å². The number of rotatable bonds is 5. The number of hydrogen-bond acceptors (Lipinski definition) is 3. The molecule has 1 atom stereocenters. The monoisotopic (exact) mass is 380 g/mol. The van der Waals surface area contributed by atoms with Gasteiger partial charge < -0.3 is 5.32 Å². The van der Waals surface area contributed by atoms with Crippen molar-refractivity contribution in [2.24, 2.45) is 5.92 Å². The largest absolute Gasteiger partial charge is 0.316 e. The van der Waals surface area contributed by atoms with E-state index in [1.54, 1.807) is 12.1 Å². The van der Waals surface area contributed by atoms with Crippen LogP contribution in [0.15, 0.2) is 27.6 Å². The lowest BCUT2D eigenvalue weighted by Gasteiger charge is -2.22. The van der Waals surface area contributed by atoms with Crippen LogP contribution in [0.3, 0.4) is 0 Å². The van der Waals surface area contributed by atoms with Crippen molar-refractivity contribution in [3.8, 4) is 0 Å². The Morgan fingerprint density at radius 3 is 2.90 bits per heavy atom. The van der Waals surface area contributed by atoms with Crippen molar-refractivity contribution < 1.29 is 8.42 Å². The van der Waals surface area contributed by atoms with E-state index in [4.69, 9.17) is 11.6 Å². The zero-order valence-corrected chi connectivity index (χ0v) is 14.2. The van der Waals surface area contributed by atoms with E-state index < -0.39 is 10.0 Å². The van der Waals surface area contributed by atoms with Crippen LogP contribution in [0.4, 0.5) is 0 Å². The van der Waals surface area contributed by atoms with Gasteiger partial charge in [0.2, 0.25) is 10.0 Å². The first-order valence-electron chi connectivity index (χ1n) is 6.64. The van der Waals surface area contributed by atoms with Crippen molar-refractivity contribution in [3.05, 3.63) is 27.7 Å². The topological polar surface area (TPSA) is 58.2 Å². The summed E-state index contributed by atoms with van der Waals surface area (Å²) < 4.78 is 27.5. The smallest absolute Gasteiger partial charge is 0.241 e. The molecule has 1 fully saturated rings. The van der Waals surface area contributed by atoms with Gasteiger partial charge in [-0.2, -0.15) is 0 Å². The summed E-state index contributed by atoms with van der Waals surface area (Å²) >= 11 is 9.06. The predicted octanol–water partition coefficient (Wildman–Crippen LogP) is 2.77. The second-order valence-electron chi connectivity index (χ2n) is 4.97. The maximum Gasteiger partial charge on any atom is 0.241 e. The van der Waals surface area contributed by atoms with Gasteiger partial charge in [0.15, 0.2) is 0 Å². The average Bonchev–Trinajstić information content (AvgIpc) is 2.39. The summed E-state index contributed by atoms with van der Waals surface area (Å²) in [6.07, 6.45) is 3.19. The Morgan fingerprint density at radius 1 is 1.45 bits per heavy atom.